The minimum Gasteiger partial charge on any atom is -0.368 e. The fourth-order valence-electron chi connectivity index (χ4n) is 3.18. The van der Waals surface area contributed by atoms with Gasteiger partial charge in [-0.15, -0.1) is 0 Å². The van der Waals surface area contributed by atoms with Crippen molar-refractivity contribution in [3.8, 4) is 0 Å². The highest BCUT2D eigenvalue weighted by molar-refractivity contribution is 7.89. The topological polar surface area (TPSA) is 127 Å². The van der Waals surface area contributed by atoms with Crippen molar-refractivity contribution >= 4 is 27.7 Å². The van der Waals surface area contributed by atoms with Crippen molar-refractivity contribution in [2.45, 2.75) is 18.9 Å². The number of imide groups is 1. The van der Waals surface area contributed by atoms with E-state index >= 15 is 0 Å². The monoisotopic (exact) mass is 415 g/mol. The van der Waals surface area contributed by atoms with Gasteiger partial charge in [-0.2, -0.15) is 4.72 Å². The molecule has 2 aromatic rings. The lowest BCUT2D eigenvalue weighted by Gasteiger charge is -2.17. The first-order valence-corrected chi connectivity index (χ1v) is 10.7. The fraction of sp³-hybridized carbons (Fsp3) is 0.250. The average molecular weight is 415 g/mol. The van der Waals surface area contributed by atoms with Crippen LogP contribution in [0.3, 0.4) is 0 Å². The maximum atomic E-state index is 12.4. The maximum absolute atomic E-state index is 12.4. The third-order valence-corrected chi connectivity index (χ3v) is 6.06. The number of nitrogens with one attached hydrogen (secondary N) is 1. The molecule has 0 aromatic heterocycles. The molecule has 1 aliphatic heterocycles. The van der Waals surface area contributed by atoms with Crippen molar-refractivity contribution in [2.24, 2.45) is 5.73 Å². The molecule has 0 bridgehead atoms. The van der Waals surface area contributed by atoms with Gasteiger partial charge in [0.25, 0.3) is 11.8 Å². The van der Waals surface area contributed by atoms with Crippen molar-refractivity contribution in [1.82, 2.24) is 9.62 Å². The minimum atomic E-state index is -3.79. The summed E-state index contributed by atoms with van der Waals surface area (Å²) in [6.45, 7) is 0.125. The van der Waals surface area contributed by atoms with Crippen LogP contribution in [0, 0.1) is 0 Å². The highest BCUT2D eigenvalue weighted by Crippen LogP contribution is 2.22. The summed E-state index contributed by atoms with van der Waals surface area (Å²) in [6.07, 6.45) is 0.530. The number of fused-ring (bicyclic) bond motifs is 1. The summed E-state index contributed by atoms with van der Waals surface area (Å²) in [6, 6.07) is 13.7. The fourth-order valence-corrected chi connectivity index (χ4v) is 4.49. The number of carbonyl (C=O) groups is 3. The van der Waals surface area contributed by atoms with Crippen LogP contribution in [0.5, 0.6) is 0 Å². The third kappa shape index (κ3) is 4.69. The molecule has 8 nitrogen and oxygen atoms in total. The standard InChI is InChI=1S/C20H21N3O5S/c21-18(24)17(14-8-2-1-3-9-14)22-29(27,28)13-7-6-12-23-19(25)15-10-4-5-11-16(15)20(23)26/h1-5,8-11,17,22H,6-7,12-13H2,(H2,21,24). The summed E-state index contributed by atoms with van der Waals surface area (Å²) in [4.78, 5) is 37.4. The second-order valence-electron chi connectivity index (χ2n) is 6.70. The molecule has 3 amide bonds. The van der Waals surface area contributed by atoms with Crippen molar-refractivity contribution in [3.05, 3.63) is 71.3 Å². The van der Waals surface area contributed by atoms with E-state index in [-0.39, 0.29) is 30.5 Å². The lowest BCUT2D eigenvalue weighted by atomic mass is 10.1. The van der Waals surface area contributed by atoms with Gasteiger partial charge in [0.15, 0.2) is 0 Å². The van der Waals surface area contributed by atoms with E-state index in [4.69, 9.17) is 5.73 Å². The van der Waals surface area contributed by atoms with Crippen molar-refractivity contribution in [1.29, 1.82) is 0 Å². The first kappa shape index (κ1) is 20.7. The molecule has 3 N–H and O–H groups in total. The summed E-state index contributed by atoms with van der Waals surface area (Å²) >= 11 is 0. The molecular weight excluding hydrogens is 394 g/mol. The van der Waals surface area contributed by atoms with Crippen LogP contribution in [0.25, 0.3) is 0 Å². The number of rotatable bonds is 9. The number of hydrogen-bond donors (Lipinski definition) is 2. The van der Waals surface area contributed by atoms with Gasteiger partial charge < -0.3 is 5.73 Å². The van der Waals surface area contributed by atoms with Gasteiger partial charge in [-0.25, -0.2) is 8.42 Å². The Balaban J connectivity index is 1.54. The zero-order valence-corrected chi connectivity index (χ0v) is 16.4. The van der Waals surface area contributed by atoms with E-state index < -0.39 is 22.0 Å². The third-order valence-electron chi connectivity index (χ3n) is 4.64. The summed E-state index contributed by atoms with van der Waals surface area (Å²) in [5.74, 6) is -1.80. The Hall–Kier alpha value is -3.04. The Bertz CT molecular complexity index is 1000. The average Bonchev–Trinajstić information content (AvgIpc) is 2.95. The molecule has 9 heteroatoms. The van der Waals surface area contributed by atoms with E-state index in [2.05, 4.69) is 4.72 Å². The molecule has 29 heavy (non-hydrogen) atoms. The lowest BCUT2D eigenvalue weighted by molar-refractivity contribution is -0.119. The number of amides is 3. The van der Waals surface area contributed by atoms with Crippen LogP contribution in [0.15, 0.2) is 54.6 Å². The number of nitrogens with zero attached hydrogens (tertiary/aromatic N) is 1. The van der Waals surface area contributed by atoms with Gasteiger partial charge in [-0.1, -0.05) is 42.5 Å². The van der Waals surface area contributed by atoms with Gasteiger partial charge in [-0.05, 0) is 30.5 Å². The lowest BCUT2D eigenvalue weighted by Crippen LogP contribution is -2.38. The zero-order chi connectivity index (χ0) is 21.0. The molecule has 2 aromatic carbocycles. The van der Waals surface area contributed by atoms with Crippen molar-refractivity contribution in [2.75, 3.05) is 12.3 Å². The molecular formula is C20H21N3O5S. The van der Waals surface area contributed by atoms with Crippen LogP contribution in [-0.4, -0.2) is 43.3 Å². The summed E-state index contributed by atoms with van der Waals surface area (Å²) < 4.78 is 27.0. The highest BCUT2D eigenvalue weighted by Gasteiger charge is 2.34. The van der Waals surface area contributed by atoms with E-state index in [1.54, 1.807) is 54.6 Å². The second kappa shape index (κ2) is 8.54. The quantitative estimate of drug-likeness (QED) is 0.470. The van der Waals surface area contributed by atoms with E-state index in [0.717, 1.165) is 4.90 Å². The molecule has 0 aliphatic carbocycles. The Labute approximate surface area is 168 Å². The summed E-state index contributed by atoms with van der Waals surface area (Å²) in [7, 11) is -3.79. The normalized spacial score (nSPS) is 14.7. The van der Waals surface area contributed by atoms with Gasteiger partial charge in [0, 0.05) is 6.54 Å². The van der Waals surface area contributed by atoms with Gasteiger partial charge >= 0.3 is 0 Å². The van der Waals surface area contributed by atoms with E-state index in [0.29, 0.717) is 23.1 Å². The maximum Gasteiger partial charge on any atom is 0.261 e. The molecule has 0 saturated heterocycles. The first-order chi connectivity index (χ1) is 13.8. The van der Waals surface area contributed by atoms with Crippen LogP contribution < -0.4 is 10.5 Å². The number of primary amides is 1. The van der Waals surface area contributed by atoms with Crippen molar-refractivity contribution < 1.29 is 22.8 Å². The van der Waals surface area contributed by atoms with Gasteiger partial charge in [0.05, 0.1) is 16.9 Å². The van der Waals surface area contributed by atoms with E-state index in [1.165, 1.54) is 0 Å². The smallest absolute Gasteiger partial charge is 0.261 e. The van der Waals surface area contributed by atoms with Crippen LogP contribution in [-0.2, 0) is 14.8 Å². The predicted molar refractivity (Wildman–Crippen MR) is 106 cm³/mol. The molecule has 3 rings (SSSR count). The largest absolute Gasteiger partial charge is 0.368 e. The predicted octanol–water partition coefficient (Wildman–Crippen LogP) is 1.21. The molecule has 1 aliphatic rings. The second-order valence-corrected chi connectivity index (χ2v) is 8.57. The molecule has 0 spiro atoms. The Morgan fingerprint density at radius 2 is 1.48 bits per heavy atom. The van der Waals surface area contributed by atoms with Crippen LogP contribution in [0.2, 0.25) is 0 Å². The highest BCUT2D eigenvalue weighted by atomic mass is 32.2. The summed E-state index contributed by atoms with van der Waals surface area (Å²) in [5, 5.41) is 0. The van der Waals surface area contributed by atoms with Crippen molar-refractivity contribution in [3.63, 3.8) is 0 Å². The molecule has 1 unspecified atom stereocenters. The number of hydrogen-bond acceptors (Lipinski definition) is 5. The number of carbonyl (C=O) groups excluding carboxylic acids is 3. The number of nitrogens with two attached hydrogens (primary N) is 1. The molecule has 0 radical (unpaired) electrons. The Morgan fingerprint density at radius 1 is 0.931 bits per heavy atom. The van der Waals surface area contributed by atoms with Gasteiger partial charge in [0.2, 0.25) is 15.9 Å². The van der Waals surface area contributed by atoms with Gasteiger partial charge in [-0.3, -0.25) is 19.3 Å². The van der Waals surface area contributed by atoms with Crippen LogP contribution in [0.1, 0.15) is 45.2 Å². The molecule has 152 valence electrons. The van der Waals surface area contributed by atoms with Crippen LogP contribution in [0.4, 0.5) is 0 Å². The number of sulfonamides is 1. The Kier molecular flexibility index (Phi) is 6.09. The first-order valence-electron chi connectivity index (χ1n) is 9.09. The number of benzene rings is 2. The van der Waals surface area contributed by atoms with Gasteiger partial charge in [0.1, 0.15) is 6.04 Å². The molecule has 0 fully saturated rings. The molecule has 0 saturated carbocycles. The summed E-state index contributed by atoms with van der Waals surface area (Å²) in [5.41, 5.74) is 6.51. The SMILES string of the molecule is NC(=O)C(NS(=O)(=O)CCCCN1C(=O)c2ccccc2C1=O)c1ccccc1. The zero-order valence-electron chi connectivity index (χ0n) is 15.6. The minimum absolute atomic E-state index is 0.125. The van der Waals surface area contributed by atoms with E-state index in [1.807, 2.05) is 0 Å². The Morgan fingerprint density at radius 3 is 2.03 bits per heavy atom. The number of unbranched alkanes of at least 4 members (excludes halogenated alkanes) is 1. The van der Waals surface area contributed by atoms with E-state index in [9.17, 15) is 22.8 Å². The molecule has 1 atom stereocenters. The van der Waals surface area contributed by atoms with Crippen LogP contribution >= 0.6 is 0 Å². The molecule has 1 heterocycles.